The van der Waals surface area contributed by atoms with Crippen molar-refractivity contribution in [3.8, 4) is 0 Å². The van der Waals surface area contributed by atoms with Crippen LogP contribution in [0.4, 0.5) is 10.4 Å². The van der Waals surface area contributed by atoms with Crippen molar-refractivity contribution < 1.29 is 23.4 Å². The van der Waals surface area contributed by atoms with Crippen molar-refractivity contribution in [2.24, 2.45) is 0 Å². The van der Waals surface area contributed by atoms with Crippen LogP contribution in [-0.2, 0) is 16.1 Å². The molecule has 0 aliphatic carbocycles. The predicted molar refractivity (Wildman–Crippen MR) is 96.4 cm³/mol. The third kappa shape index (κ3) is 5.04. The highest BCUT2D eigenvalue weighted by Gasteiger charge is 2.20. The molecule has 0 saturated carbocycles. The van der Waals surface area contributed by atoms with Crippen LogP contribution < -0.4 is 5.32 Å². The van der Waals surface area contributed by atoms with Gasteiger partial charge < -0.3 is 19.6 Å². The Labute approximate surface area is 154 Å². The third-order valence-corrected chi connectivity index (χ3v) is 3.71. The lowest BCUT2D eigenvalue weighted by Crippen LogP contribution is -2.29. The predicted octanol–water partition coefficient (Wildman–Crippen LogP) is 3.74. The maximum absolute atomic E-state index is 13.2. The molecule has 3 rings (SSSR count). The molecule has 8 heteroatoms. The first kappa shape index (κ1) is 18.4. The molecule has 1 atom stereocenters. The van der Waals surface area contributed by atoms with E-state index in [1.165, 1.54) is 24.5 Å². The van der Waals surface area contributed by atoms with E-state index in [-0.39, 0.29) is 18.0 Å². The summed E-state index contributed by atoms with van der Waals surface area (Å²) in [6, 6.07) is 8.47. The fourth-order valence-electron chi connectivity index (χ4n) is 2.43. The number of carboxylic acids is 1. The molecule has 2 N–H and O–H groups in total. The molecular weight excluding hydrogens is 353 g/mol. The van der Waals surface area contributed by atoms with Crippen molar-refractivity contribution in [3.05, 3.63) is 65.9 Å². The van der Waals surface area contributed by atoms with Gasteiger partial charge in [-0.05, 0) is 36.8 Å². The molecule has 3 aromatic rings. The van der Waals surface area contributed by atoms with E-state index in [4.69, 9.17) is 9.15 Å². The van der Waals surface area contributed by atoms with Gasteiger partial charge in [-0.3, -0.25) is 4.98 Å². The van der Waals surface area contributed by atoms with Crippen LogP contribution in [0.5, 0.6) is 0 Å². The number of anilines is 1. The fourth-order valence-corrected chi connectivity index (χ4v) is 2.43. The Morgan fingerprint density at radius 1 is 1.41 bits per heavy atom. The number of benzene rings is 1. The normalized spacial score (nSPS) is 12.7. The maximum atomic E-state index is 13.2. The number of carboxylic acid groups (broad SMARTS) is 1. The zero-order valence-electron chi connectivity index (χ0n) is 14.6. The monoisotopic (exact) mass is 371 g/mol. The summed E-state index contributed by atoms with van der Waals surface area (Å²) in [6.45, 7) is 2.05. The molecule has 2 aromatic heterocycles. The number of rotatable bonds is 8. The molecule has 0 radical (unpaired) electrons. The van der Waals surface area contributed by atoms with Crippen LogP contribution in [0.2, 0.25) is 0 Å². The second-order valence-corrected chi connectivity index (χ2v) is 5.97. The summed E-state index contributed by atoms with van der Waals surface area (Å²) in [4.78, 5) is 19.8. The van der Waals surface area contributed by atoms with E-state index in [2.05, 4.69) is 15.3 Å². The number of pyridine rings is 1. The molecule has 7 nitrogen and oxygen atoms in total. The first-order chi connectivity index (χ1) is 13.0. The number of fused-ring (bicyclic) bond motifs is 1. The summed E-state index contributed by atoms with van der Waals surface area (Å²) >= 11 is 0. The lowest BCUT2D eigenvalue weighted by Gasteiger charge is -2.13. The SMILES string of the molecule is C/C(=C/OCc1ccccn1)C[C@H](Nc1nc2ccc(F)cc2o1)C(=O)O. The molecule has 140 valence electrons. The standard InChI is InChI=1S/C19H18FN3O4/c1-12(10-26-11-14-4-2-3-7-21-14)8-16(18(24)25)23-19-22-15-6-5-13(20)9-17(15)27-19/h2-7,9-10,16H,8,11H2,1H3,(H,22,23)(H,24,25)/b12-10-/t16-/m0/s1. The largest absolute Gasteiger partial charge is 0.495 e. The van der Waals surface area contributed by atoms with Crippen LogP contribution in [0.15, 0.2) is 58.8 Å². The van der Waals surface area contributed by atoms with Gasteiger partial charge in [0.05, 0.1) is 12.0 Å². The van der Waals surface area contributed by atoms with Crippen molar-refractivity contribution in [1.29, 1.82) is 0 Å². The second-order valence-electron chi connectivity index (χ2n) is 5.97. The summed E-state index contributed by atoms with van der Waals surface area (Å²) < 4.78 is 24.0. The fraction of sp³-hybridized carbons (Fsp3) is 0.211. The van der Waals surface area contributed by atoms with Crippen LogP contribution in [0.1, 0.15) is 19.0 Å². The molecule has 0 saturated heterocycles. The van der Waals surface area contributed by atoms with Crippen molar-refractivity contribution in [3.63, 3.8) is 0 Å². The van der Waals surface area contributed by atoms with Crippen LogP contribution in [-0.4, -0.2) is 27.1 Å². The number of hydrogen-bond acceptors (Lipinski definition) is 6. The van der Waals surface area contributed by atoms with Crippen molar-refractivity contribution >= 4 is 23.1 Å². The highest BCUT2D eigenvalue weighted by molar-refractivity contribution is 5.78. The first-order valence-corrected chi connectivity index (χ1v) is 8.24. The molecule has 0 spiro atoms. The highest BCUT2D eigenvalue weighted by Crippen LogP contribution is 2.21. The Bertz CT molecular complexity index is 956. The van der Waals surface area contributed by atoms with E-state index in [9.17, 15) is 14.3 Å². The van der Waals surface area contributed by atoms with Crippen LogP contribution in [0, 0.1) is 5.82 Å². The number of hydrogen-bond donors (Lipinski definition) is 2. The summed E-state index contributed by atoms with van der Waals surface area (Å²) in [5.74, 6) is -1.52. The number of oxazole rings is 1. The van der Waals surface area contributed by atoms with E-state index < -0.39 is 17.8 Å². The molecule has 27 heavy (non-hydrogen) atoms. The zero-order valence-corrected chi connectivity index (χ0v) is 14.6. The topological polar surface area (TPSA) is 97.5 Å². The Morgan fingerprint density at radius 3 is 3.00 bits per heavy atom. The summed E-state index contributed by atoms with van der Waals surface area (Å²) in [6.07, 6.45) is 3.35. The highest BCUT2D eigenvalue weighted by atomic mass is 19.1. The minimum absolute atomic E-state index is 0.0187. The average molecular weight is 371 g/mol. The average Bonchev–Trinajstić information content (AvgIpc) is 3.03. The number of carbonyl (C=O) groups is 1. The van der Waals surface area contributed by atoms with Gasteiger partial charge in [0.1, 0.15) is 24.0 Å². The van der Waals surface area contributed by atoms with E-state index in [0.717, 1.165) is 5.69 Å². The van der Waals surface area contributed by atoms with E-state index >= 15 is 0 Å². The van der Waals surface area contributed by atoms with Gasteiger partial charge in [0.2, 0.25) is 0 Å². The molecule has 0 fully saturated rings. The summed E-state index contributed by atoms with van der Waals surface area (Å²) in [5, 5.41) is 12.2. The number of aromatic nitrogens is 2. The number of halogens is 1. The molecule has 2 heterocycles. The Morgan fingerprint density at radius 2 is 2.26 bits per heavy atom. The number of ether oxygens (including phenoxy) is 1. The van der Waals surface area contributed by atoms with Crippen molar-refractivity contribution in [1.82, 2.24) is 9.97 Å². The number of aliphatic carboxylic acids is 1. The van der Waals surface area contributed by atoms with Gasteiger partial charge in [0, 0.05) is 18.7 Å². The van der Waals surface area contributed by atoms with E-state index in [1.807, 2.05) is 18.2 Å². The van der Waals surface area contributed by atoms with Gasteiger partial charge in [-0.15, -0.1) is 0 Å². The number of nitrogens with one attached hydrogen (secondary N) is 1. The van der Waals surface area contributed by atoms with Gasteiger partial charge in [-0.2, -0.15) is 4.98 Å². The van der Waals surface area contributed by atoms with Crippen molar-refractivity contribution in [2.75, 3.05) is 5.32 Å². The lowest BCUT2D eigenvalue weighted by molar-refractivity contribution is -0.137. The van der Waals surface area contributed by atoms with Gasteiger partial charge in [0.15, 0.2) is 5.58 Å². The smallest absolute Gasteiger partial charge is 0.326 e. The van der Waals surface area contributed by atoms with Gasteiger partial charge in [-0.25, -0.2) is 9.18 Å². The summed E-state index contributed by atoms with van der Waals surface area (Å²) in [7, 11) is 0. The van der Waals surface area contributed by atoms with Gasteiger partial charge in [0.25, 0.3) is 6.01 Å². The minimum atomic E-state index is -1.07. The molecule has 0 aliphatic rings. The van der Waals surface area contributed by atoms with Gasteiger partial charge >= 0.3 is 5.97 Å². The minimum Gasteiger partial charge on any atom is -0.495 e. The molecular formula is C19H18FN3O4. The maximum Gasteiger partial charge on any atom is 0.326 e. The van der Waals surface area contributed by atoms with E-state index in [1.54, 1.807) is 13.1 Å². The van der Waals surface area contributed by atoms with Crippen molar-refractivity contribution in [2.45, 2.75) is 26.0 Å². The van der Waals surface area contributed by atoms with Crippen LogP contribution >= 0.6 is 0 Å². The molecule has 0 bridgehead atoms. The van der Waals surface area contributed by atoms with Crippen LogP contribution in [0.25, 0.3) is 11.1 Å². The first-order valence-electron chi connectivity index (χ1n) is 8.24. The van der Waals surface area contributed by atoms with Gasteiger partial charge in [-0.1, -0.05) is 6.07 Å². The second kappa shape index (κ2) is 8.31. The Kier molecular flexibility index (Phi) is 5.65. The molecule has 0 unspecified atom stereocenters. The Balaban J connectivity index is 1.62. The molecule has 0 aliphatic heterocycles. The van der Waals surface area contributed by atoms with E-state index in [0.29, 0.717) is 17.7 Å². The van der Waals surface area contributed by atoms with Crippen LogP contribution in [0.3, 0.4) is 0 Å². The quantitative estimate of drug-likeness (QED) is 0.582. The molecule has 1 aromatic carbocycles. The zero-order chi connectivity index (χ0) is 19.2. The number of nitrogens with zero attached hydrogens (tertiary/aromatic N) is 2. The molecule has 0 amide bonds. The third-order valence-electron chi connectivity index (χ3n) is 3.71. The lowest BCUT2D eigenvalue weighted by atomic mass is 10.1. The summed E-state index contributed by atoms with van der Waals surface area (Å²) in [5.41, 5.74) is 2.17. The Hall–Kier alpha value is -3.42.